The van der Waals surface area contributed by atoms with Gasteiger partial charge in [0.15, 0.2) is 17.5 Å². The van der Waals surface area contributed by atoms with Gasteiger partial charge >= 0.3 is 5.97 Å². The first kappa shape index (κ1) is 20.5. The smallest absolute Gasteiger partial charge is 0.303 e. The van der Waals surface area contributed by atoms with Gasteiger partial charge in [0.1, 0.15) is 0 Å². The van der Waals surface area contributed by atoms with Crippen molar-refractivity contribution < 1.29 is 27.1 Å². The predicted octanol–water partition coefficient (Wildman–Crippen LogP) is 3.37. The molecule has 0 bridgehead atoms. The Balaban J connectivity index is 1.89. The van der Waals surface area contributed by atoms with E-state index >= 15 is 0 Å². The molecule has 3 rings (SSSR count). The summed E-state index contributed by atoms with van der Waals surface area (Å²) in [5.74, 6) is -1.70. The summed E-state index contributed by atoms with van der Waals surface area (Å²) in [7, 11) is -3.75. The second-order valence-corrected chi connectivity index (χ2v) is 8.03. The van der Waals surface area contributed by atoms with E-state index in [4.69, 9.17) is 4.74 Å². The lowest BCUT2D eigenvalue weighted by Gasteiger charge is -2.11. The van der Waals surface area contributed by atoms with E-state index in [-0.39, 0.29) is 10.6 Å². The number of halogens is 1. The lowest BCUT2D eigenvalue weighted by atomic mass is 10.1. The highest BCUT2D eigenvalue weighted by molar-refractivity contribution is 7.91. The molecule has 0 N–H and O–H groups in total. The minimum absolute atomic E-state index is 0.0243. The second kappa shape index (κ2) is 8.44. The summed E-state index contributed by atoms with van der Waals surface area (Å²) in [4.78, 5) is 15.0. The van der Waals surface area contributed by atoms with Crippen molar-refractivity contribution in [2.24, 2.45) is 0 Å². The zero-order valence-electron chi connectivity index (χ0n) is 15.8. The van der Waals surface area contributed by atoms with E-state index in [9.17, 15) is 17.6 Å². The van der Waals surface area contributed by atoms with Crippen LogP contribution in [0.3, 0.4) is 0 Å². The molecule has 3 aromatic rings. The molecule has 0 spiro atoms. The first-order valence-electron chi connectivity index (χ1n) is 8.73. The number of nitrogens with zero attached hydrogens (tertiary/aromatic N) is 2. The molecule has 9 heteroatoms. The molecule has 1 heterocycles. The Kier molecular flexibility index (Phi) is 5.97. The standard InChI is InChI=1S/C20H19FN2O5S/c1-3-27-20-9-4-15(10-18(20)21)19-11-22-12-23(19)16-5-7-17(8-6-16)29(25,26)13-28-14(2)24/h4-12H,3,13H2,1-2H3. The highest BCUT2D eigenvalue weighted by Gasteiger charge is 2.17. The molecule has 0 fully saturated rings. The molecule has 0 amide bonds. The number of hydrogen-bond acceptors (Lipinski definition) is 6. The number of ether oxygens (including phenoxy) is 2. The van der Waals surface area contributed by atoms with Crippen LogP contribution in [0, 0.1) is 5.82 Å². The first-order chi connectivity index (χ1) is 13.8. The van der Waals surface area contributed by atoms with Crippen molar-refractivity contribution in [2.45, 2.75) is 18.7 Å². The average Bonchev–Trinajstić information content (AvgIpc) is 3.18. The first-order valence-corrected chi connectivity index (χ1v) is 10.4. The molecule has 2 aromatic carbocycles. The van der Waals surface area contributed by atoms with Crippen molar-refractivity contribution in [3.05, 3.63) is 60.8 Å². The van der Waals surface area contributed by atoms with Crippen LogP contribution in [-0.4, -0.2) is 36.5 Å². The second-order valence-electron chi connectivity index (χ2n) is 6.09. The minimum atomic E-state index is -3.75. The number of sulfone groups is 1. The quantitative estimate of drug-likeness (QED) is 0.547. The molecule has 0 unspecified atom stereocenters. The fourth-order valence-electron chi connectivity index (χ4n) is 2.69. The monoisotopic (exact) mass is 418 g/mol. The van der Waals surface area contributed by atoms with Crippen LogP contribution in [0.15, 0.2) is 59.9 Å². The maximum absolute atomic E-state index is 14.2. The third-order valence-electron chi connectivity index (χ3n) is 4.06. The van der Waals surface area contributed by atoms with Crippen molar-refractivity contribution in [1.82, 2.24) is 9.55 Å². The maximum Gasteiger partial charge on any atom is 0.303 e. The SMILES string of the molecule is CCOc1ccc(-c2cncn2-c2ccc(S(=O)(=O)COC(C)=O)cc2)cc1F. The fraction of sp³-hybridized carbons (Fsp3) is 0.200. The molecule has 1 aromatic heterocycles. The highest BCUT2D eigenvalue weighted by atomic mass is 32.2. The zero-order valence-corrected chi connectivity index (χ0v) is 16.6. The van der Waals surface area contributed by atoms with E-state index in [1.54, 1.807) is 48.3 Å². The van der Waals surface area contributed by atoms with E-state index in [1.165, 1.54) is 18.2 Å². The van der Waals surface area contributed by atoms with Gasteiger partial charge in [0.2, 0.25) is 9.84 Å². The number of rotatable bonds is 7. The van der Waals surface area contributed by atoms with Gasteiger partial charge in [-0.3, -0.25) is 9.36 Å². The molecular weight excluding hydrogens is 399 g/mol. The number of imidazole rings is 1. The van der Waals surface area contributed by atoms with E-state index in [1.807, 2.05) is 0 Å². The van der Waals surface area contributed by atoms with Crippen LogP contribution in [-0.2, 0) is 19.4 Å². The van der Waals surface area contributed by atoms with Crippen LogP contribution in [0.2, 0.25) is 0 Å². The van der Waals surface area contributed by atoms with Gasteiger partial charge in [0.25, 0.3) is 0 Å². The van der Waals surface area contributed by atoms with Gasteiger partial charge in [-0.05, 0) is 49.4 Å². The number of carbonyl (C=O) groups is 1. The Labute approximate surface area is 167 Å². The van der Waals surface area contributed by atoms with Gasteiger partial charge in [0, 0.05) is 18.2 Å². The van der Waals surface area contributed by atoms with E-state index < -0.39 is 27.6 Å². The minimum Gasteiger partial charge on any atom is -0.491 e. The summed E-state index contributed by atoms with van der Waals surface area (Å²) in [6.07, 6.45) is 3.13. The Morgan fingerprint density at radius 1 is 1.17 bits per heavy atom. The predicted molar refractivity (Wildman–Crippen MR) is 104 cm³/mol. The molecule has 0 saturated carbocycles. The number of aromatic nitrogens is 2. The summed E-state index contributed by atoms with van der Waals surface area (Å²) >= 11 is 0. The summed E-state index contributed by atoms with van der Waals surface area (Å²) in [5.41, 5.74) is 1.86. The summed E-state index contributed by atoms with van der Waals surface area (Å²) in [6, 6.07) is 10.6. The molecule has 0 aliphatic rings. The van der Waals surface area contributed by atoms with Gasteiger partial charge in [-0.1, -0.05) is 0 Å². The van der Waals surface area contributed by atoms with Crippen LogP contribution in [0.1, 0.15) is 13.8 Å². The lowest BCUT2D eigenvalue weighted by molar-refractivity contribution is -0.138. The van der Waals surface area contributed by atoms with Crippen LogP contribution in [0.5, 0.6) is 5.75 Å². The number of carbonyl (C=O) groups excluding carboxylic acids is 1. The van der Waals surface area contributed by atoms with Gasteiger partial charge in [0.05, 0.1) is 29.7 Å². The average molecular weight is 418 g/mol. The third-order valence-corrected chi connectivity index (χ3v) is 5.48. The van der Waals surface area contributed by atoms with Gasteiger partial charge in [-0.2, -0.15) is 0 Å². The molecule has 0 radical (unpaired) electrons. The van der Waals surface area contributed by atoms with Crippen LogP contribution in [0.25, 0.3) is 16.9 Å². The summed E-state index contributed by atoms with van der Waals surface area (Å²) in [5, 5.41) is 0. The Hall–Kier alpha value is -3.20. The molecule has 0 aliphatic heterocycles. The van der Waals surface area contributed by atoms with Crippen LogP contribution >= 0.6 is 0 Å². The molecule has 0 aliphatic carbocycles. The number of hydrogen-bond donors (Lipinski definition) is 0. The van der Waals surface area contributed by atoms with Crippen molar-refractivity contribution in [1.29, 1.82) is 0 Å². The molecule has 7 nitrogen and oxygen atoms in total. The molecule has 29 heavy (non-hydrogen) atoms. The lowest BCUT2D eigenvalue weighted by Crippen LogP contribution is -2.12. The normalized spacial score (nSPS) is 11.3. The highest BCUT2D eigenvalue weighted by Crippen LogP contribution is 2.28. The Morgan fingerprint density at radius 2 is 1.90 bits per heavy atom. The molecule has 152 valence electrons. The van der Waals surface area contributed by atoms with E-state index in [2.05, 4.69) is 9.72 Å². The van der Waals surface area contributed by atoms with Crippen LogP contribution in [0.4, 0.5) is 4.39 Å². The fourth-order valence-corrected chi connectivity index (χ4v) is 3.70. The van der Waals surface area contributed by atoms with Crippen molar-refractivity contribution >= 4 is 15.8 Å². The van der Waals surface area contributed by atoms with Crippen molar-refractivity contribution in [3.8, 4) is 22.7 Å². The van der Waals surface area contributed by atoms with Crippen molar-refractivity contribution in [3.63, 3.8) is 0 Å². The third kappa shape index (κ3) is 4.62. The van der Waals surface area contributed by atoms with Crippen molar-refractivity contribution in [2.75, 3.05) is 12.5 Å². The van der Waals surface area contributed by atoms with E-state index in [0.717, 1.165) is 6.92 Å². The van der Waals surface area contributed by atoms with Gasteiger partial charge in [-0.25, -0.2) is 17.8 Å². The Bertz CT molecular complexity index is 1120. The summed E-state index contributed by atoms with van der Waals surface area (Å²) < 4.78 is 50.1. The molecule has 0 atom stereocenters. The van der Waals surface area contributed by atoms with E-state index in [0.29, 0.717) is 23.6 Å². The molecule has 0 saturated heterocycles. The van der Waals surface area contributed by atoms with Gasteiger partial charge < -0.3 is 9.47 Å². The van der Waals surface area contributed by atoms with Gasteiger partial charge in [-0.15, -0.1) is 0 Å². The number of esters is 1. The maximum atomic E-state index is 14.2. The molecular formula is C20H19FN2O5S. The summed E-state index contributed by atoms with van der Waals surface area (Å²) in [6.45, 7) is 3.28. The zero-order chi connectivity index (χ0) is 21.0. The number of benzene rings is 2. The Morgan fingerprint density at radius 3 is 2.52 bits per heavy atom. The topological polar surface area (TPSA) is 87.5 Å². The van der Waals surface area contributed by atoms with Crippen LogP contribution < -0.4 is 4.74 Å². The largest absolute Gasteiger partial charge is 0.491 e.